The van der Waals surface area contributed by atoms with Crippen molar-refractivity contribution >= 4 is 17.4 Å². The van der Waals surface area contributed by atoms with Crippen LogP contribution < -0.4 is 15.4 Å². The van der Waals surface area contributed by atoms with E-state index < -0.39 is 5.92 Å². The number of para-hydroxylation sites is 2. The van der Waals surface area contributed by atoms with Crippen LogP contribution in [-0.4, -0.2) is 11.7 Å². The molecule has 0 unspecified atom stereocenters. The Labute approximate surface area is 224 Å². The predicted molar refractivity (Wildman–Crippen MR) is 151 cm³/mol. The maximum absolute atomic E-state index is 13.9. The number of Topliss-reactive ketones (excluding diaryl/α,β-unsaturated/α-hetero) is 1. The fourth-order valence-electron chi connectivity index (χ4n) is 5.54. The van der Waals surface area contributed by atoms with Crippen molar-refractivity contribution in [1.29, 1.82) is 0 Å². The Morgan fingerprint density at radius 3 is 2.39 bits per heavy atom. The van der Waals surface area contributed by atoms with Gasteiger partial charge in [-0.15, -0.1) is 0 Å². The van der Waals surface area contributed by atoms with E-state index in [0.717, 1.165) is 40.2 Å². The number of rotatable bonds is 6. The molecule has 3 aromatic carbocycles. The Hall–Kier alpha value is -4.12. The number of allylic oxidation sites excluding steroid dienone is 3. The Kier molecular flexibility index (Phi) is 6.94. The van der Waals surface area contributed by atoms with Crippen molar-refractivity contribution in [3.05, 3.63) is 118 Å². The minimum Gasteiger partial charge on any atom is -0.489 e. The lowest BCUT2D eigenvalue weighted by molar-refractivity contribution is -0.118. The van der Waals surface area contributed by atoms with Crippen LogP contribution in [0.1, 0.15) is 56.2 Å². The van der Waals surface area contributed by atoms with Gasteiger partial charge in [-0.25, -0.2) is 0 Å². The summed E-state index contributed by atoms with van der Waals surface area (Å²) in [5, 5.41) is 6.55. The standard InChI is InChI=1S/C33H34N2O3/c1-21-12-8-10-16-25(21)35-32(37)29-22(2)34-26-18-33(3,4)19-27(36)31(26)30(29)24-15-9-11-17-28(24)38-20-23-13-6-5-7-14-23/h5-17,30,34H,18-20H2,1-4H3,(H,35,37)/t30-/m0/s1. The van der Waals surface area contributed by atoms with Crippen LogP contribution in [0.15, 0.2) is 101 Å². The van der Waals surface area contributed by atoms with Gasteiger partial charge in [-0.05, 0) is 48.9 Å². The van der Waals surface area contributed by atoms with E-state index in [0.29, 0.717) is 29.9 Å². The molecule has 1 aliphatic carbocycles. The van der Waals surface area contributed by atoms with Gasteiger partial charge in [0.05, 0.1) is 5.92 Å². The van der Waals surface area contributed by atoms with Crippen LogP contribution >= 0.6 is 0 Å². The fraction of sp³-hybridized carbons (Fsp3) is 0.273. The molecule has 0 saturated carbocycles. The average Bonchev–Trinajstić information content (AvgIpc) is 2.88. The second-order valence-electron chi connectivity index (χ2n) is 11.0. The summed E-state index contributed by atoms with van der Waals surface area (Å²) in [5.74, 6) is -0.0239. The predicted octanol–water partition coefficient (Wildman–Crippen LogP) is 6.82. The minimum atomic E-state index is -0.536. The molecule has 0 fully saturated rings. The quantitative estimate of drug-likeness (QED) is 0.385. The zero-order valence-corrected chi connectivity index (χ0v) is 22.4. The lowest BCUT2D eigenvalue weighted by Crippen LogP contribution is -2.39. The molecule has 0 radical (unpaired) electrons. The van der Waals surface area contributed by atoms with E-state index in [9.17, 15) is 9.59 Å². The highest BCUT2D eigenvalue weighted by Gasteiger charge is 2.43. The molecular formula is C33H34N2O3. The number of dihydropyridines is 1. The van der Waals surface area contributed by atoms with Gasteiger partial charge in [0.2, 0.25) is 0 Å². The lowest BCUT2D eigenvalue weighted by atomic mass is 9.68. The van der Waals surface area contributed by atoms with Gasteiger partial charge in [0.15, 0.2) is 5.78 Å². The molecule has 0 aromatic heterocycles. The summed E-state index contributed by atoms with van der Waals surface area (Å²) in [6, 6.07) is 25.5. The highest BCUT2D eigenvalue weighted by Crippen LogP contribution is 2.48. The fourth-order valence-corrected chi connectivity index (χ4v) is 5.54. The number of amides is 1. The van der Waals surface area contributed by atoms with Gasteiger partial charge in [0.1, 0.15) is 12.4 Å². The summed E-state index contributed by atoms with van der Waals surface area (Å²) in [7, 11) is 0. The van der Waals surface area contributed by atoms with Crippen molar-refractivity contribution in [3.63, 3.8) is 0 Å². The SMILES string of the molecule is CC1=C(C(=O)Nc2ccccc2C)[C@H](c2ccccc2OCc2ccccc2)C2=C(CC(C)(C)CC2=O)N1. The zero-order chi connectivity index (χ0) is 26.9. The van der Waals surface area contributed by atoms with E-state index in [2.05, 4.69) is 24.5 Å². The number of carbonyl (C=O) groups excluding carboxylic acids is 2. The van der Waals surface area contributed by atoms with Gasteiger partial charge < -0.3 is 15.4 Å². The molecule has 1 amide bonds. The number of hydrogen-bond donors (Lipinski definition) is 2. The van der Waals surface area contributed by atoms with Crippen LogP contribution in [0.2, 0.25) is 0 Å². The molecule has 5 nitrogen and oxygen atoms in total. The van der Waals surface area contributed by atoms with Gasteiger partial charge in [-0.2, -0.15) is 0 Å². The van der Waals surface area contributed by atoms with Crippen LogP contribution in [0.25, 0.3) is 0 Å². The van der Waals surface area contributed by atoms with E-state index in [-0.39, 0.29) is 17.1 Å². The first-order chi connectivity index (χ1) is 18.2. The van der Waals surface area contributed by atoms with E-state index >= 15 is 0 Å². The molecule has 38 heavy (non-hydrogen) atoms. The number of ether oxygens (including phenoxy) is 1. The Balaban J connectivity index is 1.59. The third-order valence-electron chi connectivity index (χ3n) is 7.34. The second kappa shape index (κ2) is 10.3. The normalized spacial score (nSPS) is 18.5. The van der Waals surface area contributed by atoms with Crippen molar-refractivity contribution in [1.82, 2.24) is 5.32 Å². The first-order valence-electron chi connectivity index (χ1n) is 13.1. The van der Waals surface area contributed by atoms with Crippen molar-refractivity contribution in [2.24, 2.45) is 5.41 Å². The molecule has 1 aliphatic heterocycles. The monoisotopic (exact) mass is 506 g/mol. The molecule has 1 heterocycles. The number of aryl methyl sites for hydroxylation is 1. The van der Waals surface area contributed by atoms with Gasteiger partial charge in [-0.3, -0.25) is 9.59 Å². The summed E-state index contributed by atoms with van der Waals surface area (Å²) in [6.07, 6.45) is 1.17. The van der Waals surface area contributed by atoms with Gasteiger partial charge in [0.25, 0.3) is 5.91 Å². The van der Waals surface area contributed by atoms with Crippen LogP contribution in [0.4, 0.5) is 5.69 Å². The molecule has 3 aromatic rings. The Morgan fingerprint density at radius 2 is 1.63 bits per heavy atom. The van der Waals surface area contributed by atoms with Crippen molar-refractivity contribution < 1.29 is 14.3 Å². The van der Waals surface area contributed by atoms with Crippen LogP contribution in [0.5, 0.6) is 5.75 Å². The lowest BCUT2D eigenvalue weighted by Gasteiger charge is -2.40. The third kappa shape index (κ3) is 5.14. The number of anilines is 1. The highest BCUT2D eigenvalue weighted by atomic mass is 16.5. The summed E-state index contributed by atoms with van der Waals surface area (Å²) in [5.41, 5.74) is 6.30. The number of ketones is 1. The number of nitrogens with one attached hydrogen (secondary N) is 2. The van der Waals surface area contributed by atoms with E-state index in [4.69, 9.17) is 4.74 Å². The molecular weight excluding hydrogens is 472 g/mol. The van der Waals surface area contributed by atoms with Crippen molar-refractivity contribution in [2.45, 2.75) is 53.1 Å². The first kappa shape index (κ1) is 25.5. The maximum atomic E-state index is 13.9. The molecule has 0 bridgehead atoms. The van der Waals surface area contributed by atoms with Gasteiger partial charge in [-0.1, -0.05) is 80.6 Å². The summed E-state index contributed by atoms with van der Waals surface area (Å²) in [6.45, 7) is 8.50. The molecule has 194 valence electrons. The van der Waals surface area contributed by atoms with Crippen LogP contribution in [-0.2, 0) is 16.2 Å². The highest BCUT2D eigenvalue weighted by molar-refractivity contribution is 6.10. The maximum Gasteiger partial charge on any atom is 0.254 e. The largest absolute Gasteiger partial charge is 0.489 e. The molecule has 1 atom stereocenters. The third-order valence-corrected chi connectivity index (χ3v) is 7.34. The zero-order valence-electron chi connectivity index (χ0n) is 22.4. The van der Waals surface area contributed by atoms with E-state index in [1.54, 1.807) is 0 Å². The molecule has 5 rings (SSSR count). The van der Waals surface area contributed by atoms with Crippen molar-refractivity contribution in [2.75, 3.05) is 5.32 Å². The number of benzene rings is 3. The Morgan fingerprint density at radius 1 is 0.947 bits per heavy atom. The molecule has 2 aliphatic rings. The summed E-state index contributed by atoms with van der Waals surface area (Å²) in [4.78, 5) is 27.6. The average molecular weight is 507 g/mol. The van der Waals surface area contributed by atoms with Gasteiger partial charge >= 0.3 is 0 Å². The molecule has 0 saturated heterocycles. The number of carbonyl (C=O) groups is 2. The van der Waals surface area contributed by atoms with Crippen LogP contribution in [0, 0.1) is 12.3 Å². The van der Waals surface area contributed by atoms with Crippen molar-refractivity contribution in [3.8, 4) is 5.75 Å². The first-order valence-corrected chi connectivity index (χ1v) is 13.1. The summed E-state index contributed by atoms with van der Waals surface area (Å²) < 4.78 is 6.32. The summed E-state index contributed by atoms with van der Waals surface area (Å²) >= 11 is 0. The molecule has 2 N–H and O–H groups in total. The van der Waals surface area contributed by atoms with E-state index in [1.807, 2.05) is 92.7 Å². The minimum absolute atomic E-state index is 0.0697. The number of hydrogen-bond acceptors (Lipinski definition) is 4. The topological polar surface area (TPSA) is 67.4 Å². The Bertz CT molecular complexity index is 1450. The van der Waals surface area contributed by atoms with E-state index in [1.165, 1.54) is 0 Å². The van der Waals surface area contributed by atoms with Gasteiger partial charge in [0, 0.05) is 40.2 Å². The second-order valence-corrected chi connectivity index (χ2v) is 11.0. The molecule has 0 spiro atoms. The molecule has 5 heteroatoms. The van der Waals surface area contributed by atoms with Crippen LogP contribution in [0.3, 0.4) is 0 Å². The smallest absolute Gasteiger partial charge is 0.254 e.